The van der Waals surface area contributed by atoms with Crippen LogP contribution in [-0.4, -0.2) is 23.1 Å². The van der Waals surface area contributed by atoms with Gasteiger partial charge in [0.2, 0.25) is 5.91 Å². The third kappa shape index (κ3) is 4.38. The van der Waals surface area contributed by atoms with Crippen LogP contribution in [0.25, 0.3) is 0 Å². The molecule has 0 radical (unpaired) electrons. The van der Waals surface area contributed by atoms with Crippen LogP contribution in [0.15, 0.2) is 49.2 Å². The summed E-state index contributed by atoms with van der Waals surface area (Å²) in [6.45, 7) is 3.44. The molecule has 0 bridgehead atoms. The number of amides is 2. The summed E-state index contributed by atoms with van der Waals surface area (Å²) in [4.78, 5) is 27.6. The smallest absolute Gasteiger partial charge is 0.395 e. The molecule has 1 aliphatic rings. The van der Waals surface area contributed by atoms with E-state index in [2.05, 4.69) is 31.7 Å². The molecule has 3 rings (SSSR count). The number of carbonyl (C=O) groups is 2. The lowest BCUT2D eigenvalue weighted by Gasteiger charge is -2.09. The molecule has 1 aromatic heterocycles. The number of para-hydroxylation sites is 1. The fourth-order valence-electron chi connectivity index (χ4n) is 2.41. The molecular formula is C18H15F2N3O4. The summed E-state index contributed by atoms with van der Waals surface area (Å²) < 4.78 is 35.3. The summed E-state index contributed by atoms with van der Waals surface area (Å²) in [7, 11) is 0. The maximum atomic E-state index is 13.2. The van der Waals surface area contributed by atoms with Gasteiger partial charge in [-0.05, 0) is 24.3 Å². The Morgan fingerprint density at radius 3 is 2.78 bits per heavy atom. The van der Waals surface area contributed by atoms with Gasteiger partial charge >= 0.3 is 6.29 Å². The van der Waals surface area contributed by atoms with E-state index in [4.69, 9.17) is 0 Å². The molecule has 0 unspecified atom stereocenters. The van der Waals surface area contributed by atoms with Gasteiger partial charge in [-0.25, -0.2) is 0 Å². The zero-order chi connectivity index (χ0) is 19.4. The summed E-state index contributed by atoms with van der Waals surface area (Å²) >= 11 is 0. The lowest BCUT2D eigenvalue weighted by atomic mass is 10.1. The number of carbonyl (C=O) groups excluding carboxylic acids is 2. The molecule has 7 nitrogen and oxygen atoms in total. The first kappa shape index (κ1) is 18.3. The van der Waals surface area contributed by atoms with E-state index in [0.29, 0.717) is 16.8 Å². The van der Waals surface area contributed by atoms with Crippen molar-refractivity contribution in [3.05, 3.63) is 66.0 Å². The number of nitrogens with one attached hydrogen (secondary N) is 2. The quantitative estimate of drug-likeness (QED) is 0.755. The number of hydrogen-bond donors (Lipinski definition) is 2. The van der Waals surface area contributed by atoms with Gasteiger partial charge in [0.25, 0.3) is 5.91 Å². The van der Waals surface area contributed by atoms with Gasteiger partial charge in [-0.15, -0.1) is 8.78 Å². The van der Waals surface area contributed by atoms with Crippen molar-refractivity contribution in [2.45, 2.75) is 19.4 Å². The van der Waals surface area contributed by atoms with Crippen molar-refractivity contribution >= 4 is 11.8 Å². The van der Waals surface area contributed by atoms with Crippen molar-refractivity contribution in [3.63, 3.8) is 0 Å². The van der Waals surface area contributed by atoms with E-state index in [9.17, 15) is 18.4 Å². The van der Waals surface area contributed by atoms with E-state index in [1.807, 2.05) is 0 Å². The van der Waals surface area contributed by atoms with Crippen LogP contribution >= 0.6 is 0 Å². The van der Waals surface area contributed by atoms with Gasteiger partial charge in [-0.1, -0.05) is 18.7 Å². The van der Waals surface area contributed by atoms with Crippen LogP contribution in [0.3, 0.4) is 0 Å². The van der Waals surface area contributed by atoms with E-state index in [0.717, 1.165) is 6.08 Å². The Morgan fingerprint density at radius 2 is 2.00 bits per heavy atom. The zero-order valence-corrected chi connectivity index (χ0v) is 14.0. The molecule has 0 spiro atoms. The second kappa shape index (κ2) is 7.40. The Labute approximate surface area is 153 Å². The highest BCUT2D eigenvalue weighted by molar-refractivity contribution is 5.94. The number of aromatic nitrogens is 1. The predicted molar refractivity (Wildman–Crippen MR) is 90.1 cm³/mol. The summed E-state index contributed by atoms with van der Waals surface area (Å²) in [6.07, 6.45) is -1.16. The highest BCUT2D eigenvalue weighted by Crippen LogP contribution is 2.43. The van der Waals surface area contributed by atoms with Crippen LogP contribution in [0.2, 0.25) is 0 Å². The van der Waals surface area contributed by atoms with Gasteiger partial charge in [0.1, 0.15) is 0 Å². The lowest BCUT2D eigenvalue weighted by molar-refractivity contribution is -0.286. The number of fused-ring (bicyclic) bond motifs is 1. The number of pyridine rings is 1. The summed E-state index contributed by atoms with van der Waals surface area (Å²) in [5, 5.41) is 5.18. The van der Waals surface area contributed by atoms with Gasteiger partial charge < -0.3 is 20.1 Å². The molecule has 1 aliphatic heterocycles. The third-order valence-electron chi connectivity index (χ3n) is 3.66. The van der Waals surface area contributed by atoms with Crippen LogP contribution in [0.1, 0.15) is 21.6 Å². The molecule has 9 heteroatoms. The summed E-state index contributed by atoms with van der Waals surface area (Å²) in [6, 6.07) is 7.44. The van der Waals surface area contributed by atoms with Gasteiger partial charge in [0.05, 0.1) is 12.2 Å². The number of rotatable bonds is 6. The lowest BCUT2D eigenvalue weighted by Crippen LogP contribution is -2.27. The van der Waals surface area contributed by atoms with Gasteiger partial charge in [-0.3, -0.25) is 14.6 Å². The number of halogens is 2. The normalized spacial score (nSPS) is 13.7. The summed E-state index contributed by atoms with van der Waals surface area (Å²) in [5.41, 5.74) is 1.14. The number of nitrogens with zero attached hydrogens (tertiary/aromatic N) is 1. The van der Waals surface area contributed by atoms with Crippen molar-refractivity contribution in [2.24, 2.45) is 0 Å². The molecule has 27 heavy (non-hydrogen) atoms. The second-order valence-corrected chi connectivity index (χ2v) is 5.55. The van der Waals surface area contributed by atoms with Gasteiger partial charge in [0.15, 0.2) is 11.5 Å². The average Bonchev–Trinajstić information content (AvgIpc) is 2.98. The van der Waals surface area contributed by atoms with Crippen LogP contribution in [0.4, 0.5) is 8.78 Å². The molecule has 2 amide bonds. The molecule has 0 fully saturated rings. The van der Waals surface area contributed by atoms with Crippen molar-refractivity contribution < 1.29 is 27.8 Å². The van der Waals surface area contributed by atoms with Crippen LogP contribution in [0.5, 0.6) is 11.5 Å². The van der Waals surface area contributed by atoms with E-state index in [1.165, 1.54) is 30.5 Å². The fraction of sp³-hybridized carbons (Fsp3) is 0.167. The van der Waals surface area contributed by atoms with Crippen molar-refractivity contribution in [1.29, 1.82) is 0 Å². The van der Waals surface area contributed by atoms with E-state index in [-0.39, 0.29) is 30.5 Å². The largest absolute Gasteiger partial charge is 0.586 e. The van der Waals surface area contributed by atoms with Crippen LogP contribution < -0.4 is 20.1 Å². The number of hydrogen-bond acceptors (Lipinski definition) is 5. The molecule has 0 aliphatic carbocycles. The molecule has 0 saturated carbocycles. The van der Waals surface area contributed by atoms with E-state index >= 15 is 0 Å². The minimum Gasteiger partial charge on any atom is -0.395 e. The SMILES string of the molecule is C=CC(=O)NCc1cc(C(=O)NCc2cccc3c2OC(F)(F)O3)ccn1. The number of benzene rings is 1. The minimum atomic E-state index is -3.72. The molecule has 2 heterocycles. The van der Waals surface area contributed by atoms with Gasteiger partial charge in [-0.2, -0.15) is 0 Å². The first-order valence-corrected chi connectivity index (χ1v) is 7.89. The van der Waals surface area contributed by atoms with E-state index < -0.39 is 12.2 Å². The Bertz CT molecular complexity index is 902. The second-order valence-electron chi connectivity index (χ2n) is 5.55. The molecule has 2 aromatic rings. The molecular weight excluding hydrogens is 360 g/mol. The molecule has 0 saturated heterocycles. The summed E-state index contributed by atoms with van der Waals surface area (Å²) in [5.74, 6) is -0.984. The molecule has 0 atom stereocenters. The minimum absolute atomic E-state index is 0.0354. The third-order valence-corrected chi connectivity index (χ3v) is 3.66. The number of alkyl halides is 2. The Hall–Kier alpha value is -3.49. The zero-order valence-electron chi connectivity index (χ0n) is 14.0. The Kier molecular flexibility index (Phi) is 5.02. The maximum absolute atomic E-state index is 13.2. The topological polar surface area (TPSA) is 89.6 Å². The molecule has 1 aromatic carbocycles. The highest BCUT2D eigenvalue weighted by atomic mass is 19.3. The highest BCUT2D eigenvalue weighted by Gasteiger charge is 2.44. The van der Waals surface area contributed by atoms with Crippen LogP contribution in [0, 0.1) is 0 Å². The fourth-order valence-corrected chi connectivity index (χ4v) is 2.41. The Morgan fingerprint density at radius 1 is 1.19 bits per heavy atom. The maximum Gasteiger partial charge on any atom is 0.586 e. The first-order valence-electron chi connectivity index (χ1n) is 7.89. The van der Waals surface area contributed by atoms with Crippen molar-refractivity contribution in [3.8, 4) is 11.5 Å². The van der Waals surface area contributed by atoms with Crippen molar-refractivity contribution in [1.82, 2.24) is 15.6 Å². The van der Waals surface area contributed by atoms with Gasteiger partial charge in [0, 0.05) is 23.9 Å². The van der Waals surface area contributed by atoms with E-state index in [1.54, 1.807) is 6.07 Å². The molecule has 2 N–H and O–H groups in total. The predicted octanol–water partition coefficient (Wildman–Crippen LogP) is 2.14. The van der Waals surface area contributed by atoms with Crippen LogP contribution in [-0.2, 0) is 17.9 Å². The van der Waals surface area contributed by atoms with Crippen molar-refractivity contribution in [2.75, 3.05) is 0 Å². The monoisotopic (exact) mass is 375 g/mol. The standard InChI is InChI=1S/C18H15F2N3O4/c1-2-15(24)22-10-13-8-11(6-7-21-13)17(25)23-9-12-4-3-5-14-16(12)27-18(19,20)26-14/h2-8H,1,9-10H2,(H,22,24)(H,23,25). The Balaban J connectivity index is 1.65. The first-order chi connectivity index (χ1) is 12.9. The average molecular weight is 375 g/mol. The number of ether oxygens (including phenoxy) is 2. The molecule has 140 valence electrons.